The number of amides is 1. The second-order valence-corrected chi connectivity index (χ2v) is 8.41. The van der Waals surface area contributed by atoms with E-state index in [0.717, 1.165) is 0 Å². The van der Waals surface area contributed by atoms with Gasteiger partial charge in [0, 0.05) is 31.9 Å². The van der Waals surface area contributed by atoms with Crippen LogP contribution in [-0.2, 0) is 14.8 Å². The standard InChI is InChI=1S/C14H19ClN2O4S2/c15-12-3-1-2-4-13(12)23(20,21)17-7-5-16(6-8-17)14(19)11-22-10-9-18/h1-4,18H,5-11H2. The SMILES string of the molecule is O=C(CSCCO)N1CCN(S(=O)(=O)c2ccccc2Cl)CC1. The summed E-state index contributed by atoms with van der Waals surface area (Å²) >= 11 is 7.35. The molecular formula is C14H19ClN2O4S2. The first-order chi connectivity index (χ1) is 11.0. The average molecular weight is 379 g/mol. The molecule has 0 unspecified atom stereocenters. The number of carbonyl (C=O) groups is 1. The molecule has 0 spiro atoms. The molecule has 0 radical (unpaired) electrons. The molecule has 23 heavy (non-hydrogen) atoms. The van der Waals surface area contributed by atoms with E-state index in [-0.39, 0.29) is 35.5 Å². The van der Waals surface area contributed by atoms with E-state index in [4.69, 9.17) is 16.7 Å². The molecule has 0 atom stereocenters. The van der Waals surface area contributed by atoms with E-state index in [9.17, 15) is 13.2 Å². The molecule has 1 aromatic carbocycles. The van der Waals surface area contributed by atoms with E-state index in [1.165, 1.54) is 22.1 Å². The van der Waals surface area contributed by atoms with Crippen LogP contribution in [0.1, 0.15) is 0 Å². The predicted molar refractivity (Wildman–Crippen MR) is 91.2 cm³/mol. The van der Waals surface area contributed by atoms with E-state index < -0.39 is 10.0 Å². The van der Waals surface area contributed by atoms with Crippen LogP contribution < -0.4 is 0 Å². The molecular weight excluding hydrogens is 360 g/mol. The van der Waals surface area contributed by atoms with Crippen LogP contribution in [0.5, 0.6) is 0 Å². The fourth-order valence-electron chi connectivity index (χ4n) is 2.29. The monoisotopic (exact) mass is 378 g/mol. The lowest BCUT2D eigenvalue weighted by molar-refractivity contribution is -0.129. The molecule has 0 saturated carbocycles. The lowest BCUT2D eigenvalue weighted by atomic mass is 10.3. The number of benzene rings is 1. The highest BCUT2D eigenvalue weighted by atomic mass is 35.5. The zero-order chi connectivity index (χ0) is 16.9. The van der Waals surface area contributed by atoms with E-state index >= 15 is 0 Å². The van der Waals surface area contributed by atoms with Gasteiger partial charge in [-0.25, -0.2) is 8.42 Å². The van der Waals surface area contributed by atoms with Gasteiger partial charge in [0.1, 0.15) is 4.90 Å². The number of thioether (sulfide) groups is 1. The fraction of sp³-hybridized carbons (Fsp3) is 0.500. The Morgan fingerprint density at radius 3 is 2.48 bits per heavy atom. The quantitative estimate of drug-likeness (QED) is 0.744. The second kappa shape index (κ2) is 8.34. The minimum absolute atomic E-state index is 0.0294. The van der Waals surface area contributed by atoms with Gasteiger partial charge >= 0.3 is 0 Å². The van der Waals surface area contributed by atoms with Crippen LogP contribution in [0.25, 0.3) is 0 Å². The van der Waals surface area contributed by atoms with Crippen molar-refractivity contribution in [3.8, 4) is 0 Å². The maximum atomic E-state index is 12.6. The van der Waals surface area contributed by atoms with Crippen molar-refractivity contribution < 1.29 is 18.3 Å². The molecule has 1 aliphatic rings. The molecule has 1 fully saturated rings. The van der Waals surface area contributed by atoms with Crippen LogP contribution in [-0.4, -0.2) is 72.9 Å². The summed E-state index contributed by atoms with van der Waals surface area (Å²) in [6, 6.07) is 6.35. The second-order valence-electron chi connectivity index (χ2n) is 4.99. The Morgan fingerprint density at radius 2 is 1.87 bits per heavy atom. The van der Waals surface area contributed by atoms with E-state index in [2.05, 4.69) is 0 Å². The minimum Gasteiger partial charge on any atom is -0.396 e. The number of hydrogen-bond acceptors (Lipinski definition) is 5. The molecule has 0 aliphatic carbocycles. The smallest absolute Gasteiger partial charge is 0.244 e. The number of nitrogens with zero attached hydrogens (tertiary/aromatic N) is 2. The third kappa shape index (κ3) is 4.60. The van der Waals surface area contributed by atoms with E-state index in [1.54, 1.807) is 23.1 Å². The Kier molecular flexibility index (Phi) is 6.72. The summed E-state index contributed by atoms with van der Waals surface area (Å²) in [6.45, 7) is 1.28. The molecule has 128 valence electrons. The van der Waals surface area contributed by atoms with Gasteiger partial charge in [0.05, 0.1) is 17.4 Å². The zero-order valence-electron chi connectivity index (χ0n) is 12.5. The molecule has 1 aliphatic heterocycles. The summed E-state index contributed by atoms with van der Waals surface area (Å²) in [7, 11) is -3.64. The highest BCUT2D eigenvalue weighted by molar-refractivity contribution is 7.99. The molecule has 6 nitrogen and oxygen atoms in total. The fourth-order valence-corrected chi connectivity index (χ4v) is 4.83. The molecule has 2 rings (SSSR count). The predicted octanol–water partition coefficient (Wildman–Crippen LogP) is 0.898. The van der Waals surface area contributed by atoms with Crippen molar-refractivity contribution in [3.63, 3.8) is 0 Å². The Morgan fingerprint density at radius 1 is 1.22 bits per heavy atom. The highest BCUT2D eigenvalue weighted by Gasteiger charge is 2.31. The van der Waals surface area contributed by atoms with Gasteiger partial charge in [-0.3, -0.25) is 4.79 Å². The van der Waals surface area contributed by atoms with Gasteiger partial charge in [0.15, 0.2) is 0 Å². The van der Waals surface area contributed by atoms with Crippen LogP contribution in [0.3, 0.4) is 0 Å². The van der Waals surface area contributed by atoms with Gasteiger partial charge in [-0.15, -0.1) is 11.8 Å². The Labute approximate surface area is 145 Å². The topological polar surface area (TPSA) is 77.9 Å². The number of rotatable bonds is 6. The summed E-state index contributed by atoms with van der Waals surface area (Å²) in [5, 5.41) is 8.91. The molecule has 1 aromatic rings. The van der Waals surface area contributed by atoms with Crippen LogP contribution in [0, 0.1) is 0 Å². The summed E-state index contributed by atoms with van der Waals surface area (Å²) in [6.07, 6.45) is 0. The van der Waals surface area contributed by atoms with Crippen molar-refractivity contribution in [1.29, 1.82) is 0 Å². The van der Waals surface area contributed by atoms with Gasteiger partial charge in [0.2, 0.25) is 15.9 Å². The third-order valence-corrected chi connectivity index (χ3v) is 6.83. The lowest BCUT2D eigenvalue weighted by Crippen LogP contribution is -2.51. The molecule has 9 heteroatoms. The van der Waals surface area contributed by atoms with Crippen LogP contribution >= 0.6 is 23.4 Å². The van der Waals surface area contributed by atoms with Crippen molar-refractivity contribution in [2.75, 3.05) is 44.3 Å². The zero-order valence-corrected chi connectivity index (χ0v) is 14.9. The maximum absolute atomic E-state index is 12.6. The lowest BCUT2D eigenvalue weighted by Gasteiger charge is -2.34. The van der Waals surface area contributed by atoms with Gasteiger partial charge in [0.25, 0.3) is 0 Å². The molecule has 0 aromatic heterocycles. The maximum Gasteiger partial charge on any atom is 0.244 e. The summed E-state index contributed by atoms with van der Waals surface area (Å²) < 4.78 is 26.6. The average Bonchev–Trinajstić information content (AvgIpc) is 2.55. The molecule has 1 heterocycles. The summed E-state index contributed by atoms with van der Waals surface area (Å²) in [5.41, 5.74) is 0. The van der Waals surface area contributed by atoms with Gasteiger partial charge in [-0.1, -0.05) is 23.7 Å². The van der Waals surface area contributed by atoms with Crippen molar-refractivity contribution in [1.82, 2.24) is 9.21 Å². The summed E-state index contributed by atoms with van der Waals surface area (Å²) in [4.78, 5) is 13.7. The molecule has 1 saturated heterocycles. The minimum atomic E-state index is -3.64. The van der Waals surface area contributed by atoms with E-state index in [0.29, 0.717) is 24.6 Å². The van der Waals surface area contributed by atoms with Crippen molar-refractivity contribution >= 4 is 39.3 Å². The van der Waals surface area contributed by atoms with Crippen LogP contribution in [0.15, 0.2) is 29.2 Å². The van der Waals surface area contributed by atoms with Crippen molar-refractivity contribution in [2.45, 2.75) is 4.90 Å². The van der Waals surface area contributed by atoms with Gasteiger partial charge in [-0.2, -0.15) is 4.31 Å². The Bertz CT molecular complexity index is 646. The first-order valence-corrected chi connectivity index (χ1v) is 10.1. The summed E-state index contributed by atoms with van der Waals surface area (Å²) in [5.74, 6) is 0.794. The van der Waals surface area contributed by atoms with Crippen molar-refractivity contribution in [2.24, 2.45) is 0 Å². The normalized spacial score (nSPS) is 16.5. The number of sulfonamides is 1. The first kappa shape index (κ1) is 18.5. The Hall–Kier alpha value is -0.800. The van der Waals surface area contributed by atoms with Crippen LogP contribution in [0.4, 0.5) is 0 Å². The number of hydrogen-bond donors (Lipinski definition) is 1. The number of aliphatic hydroxyl groups is 1. The molecule has 0 bridgehead atoms. The number of carbonyl (C=O) groups excluding carboxylic acids is 1. The van der Waals surface area contributed by atoms with Gasteiger partial charge in [-0.05, 0) is 12.1 Å². The van der Waals surface area contributed by atoms with Crippen molar-refractivity contribution in [3.05, 3.63) is 29.3 Å². The number of halogens is 1. The number of piperazine rings is 1. The van der Waals surface area contributed by atoms with Gasteiger partial charge < -0.3 is 10.0 Å². The molecule has 1 N–H and O–H groups in total. The third-order valence-electron chi connectivity index (χ3n) is 3.51. The highest BCUT2D eigenvalue weighted by Crippen LogP contribution is 2.25. The largest absolute Gasteiger partial charge is 0.396 e. The van der Waals surface area contributed by atoms with E-state index in [1.807, 2.05) is 0 Å². The van der Waals surface area contributed by atoms with Crippen LogP contribution in [0.2, 0.25) is 5.02 Å². The first-order valence-electron chi connectivity index (χ1n) is 7.18. The molecule has 1 amide bonds. The number of aliphatic hydroxyl groups excluding tert-OH is 1. The Balaban J connectivity index is 1.96.